The van der Waals surface area contributed by atoms with Crippen molar-refractivity contribution in [3.63, 3.8) is 0 Å². The van der Waals surface area contributed by atoms with E-state index in [1.807, 2.05) is 12.1 Å². The first-order valence-electron chi connectivity index (χ1n) is 4.21. The maximum atomic E-state index is 5.13. The Kier molecular flexibility index (Phi) is 4.59. The third kappa shape index (κ3) is 4.12. The summed E-state index contributed by atoms with van der Waals surface area (Å²) in [4.78, 5) is 0. The van der Waals surface area contributed by atoms with E-state index in [9.17, 15) is 0 Å². The van der Waals surface area contributed by atoms with E-state index >= 15 is 0 Å². The number of halogens is 1. The first-order valence-corrected chi connectivity index (χ1v) is 5.01. The molecule has 1 nitrogen and oxygen atoms in total. The minimum Gasteiger partial charge on any atom is -0.312 e. The van der Waals surface area contributed by atoms with Gasteiger partial charge in [-0.3, -0.25) is 0 Å². The second-order valence-corrected chi connectivity index (χ2v) is 3.68. The Hall–Kier alpha value is -0.780. The molecule has 1 aromatic carbocycles. The molecule has 68 valence electrons. The number of nitrogens with one attached hydrogen (secondary N) is 1. The Balaban J connectivity index is 2.33. The number of hydrogen-bond acceptors (Lipinski definition) is 1. The normalized spacial score (nSPS) is 9.54. The first-order chi connectivity index (χ1) is 6.33. The highest BCUT2D eigenvalue weighted by atomic mass is 79.9. The van der Waals surface area contributed by atoms with Crippen molar-refractivity contribution in [3.8, 4) is 12.3 Å². The van der Waals surface area contributed by atoms with Crippen LogP contribution >= 0.6 is 15.9 Å². The standard InChI is InChI=1S/C11H12BrN/c1-2-3-7-13-9-10-5-4-6-11(12)8-10/h1,4-6,8,13H,3,7,9H2. The SMILES string of the molecule is C#CCCNCc1cccc(Br)c1. The number of terminal acetylenes is 1. The van der Waals surface area contributed by atoms with E-state index in [-0.39, 0.29) is 0 Å². The number of rotatable bonds is 4. The fourth-order valence-electron chi connectivity index (χ4n) is 1.04. The van der Waals surface area contributed by atoms with Crippen molar-refractivity contribution >= 4 is 15.9 Å². The molecule has 0 bridgehead atoms. The summed E-state index contributed by atoms with van der Waals surface area (Å²) in [5.74, 6) is 2.59. The van der Waals surface area contributed by atoms with Gasteiger partial charge in [-0.1, -0.05) is 28.1 Å². The van der Waals surface area contributed by atoms with Crippen molar-refractivity contribution in [3.05, 3.63) is 34.3 Å². The highest BCUT2D eigenvalue weighted by Gasteiger charge is 1.92. The van der Waals surface area contributed by atoms with Gasteiger partial charge in [-0.05, 0) is 17.7 Å². The summed E-state index contributed by atoms with van der Waals surface area (Å²) in [5.41, 5.74) is 1.27. The Morgan fingerprint density at radius 1 is 1.46 bits per heavy atom. The molecule has 0 aromatic heterocycles. The van der Waals surface area contributed by atoms with E-state index in [1.165, 1.54) is 5.56 Å². The Morgan fingerprint density at radius 2 is 2.31 bits per heavy atom. The van der Waals surface area contributed by atoms with Gasteiger partial charge in [-0.15, -0.1) is 12.3 Å². The van der Waals surface area contributed by atoms with Crippen molar-refractivity contribution in [2.75, 3.05) is 6.54 Å². The smallest absolute Gasteiger partial charge is 0.0212 e. The van der Waals surface area contributed by atoms with Crippen LogP contribution in [0.2, 0.25) is 0 Å². The van der Waals surface area contributed by atoms with Crippen LogP contribution in [0.4, 0.5) is 0 Å². The van der Waals surface area contributed by atoms with E-state index in [1.54, 1.807) is 0 Å². The molecule has 0 saturated carbocycles. The summed E-state index contributed by atoms with van der Waals surface area (Å²) in [6.45, 7) is 1.75. The zero-order valence-corrected chi connectivity index (χ0v) is 8.97. The van der Waals surface area contributed by atoms with Gasteiger partial charge in [-0.2, -0.15) is 0 Å². The summed E-state index contributed by atoms with van der Waals surface area (Å²) in [5, 5.41) is 3.27. The Bertz CT molecular complexity index is 301. The van der Waals surface area contributed by atoms with Gasteiger partial charge in [0.05, 0.1) is 0 Å². The highest BCUT2D eigenvalue weighted by molar-refractivity contribution is 9.10. The molecule has 0 amide bonds. The van der Waals surface area contributed by atoms with Gasteiger partial charge in [0.1, 0.15) is 0 Å². The molecule has 0 unspecified atom stereocenters. The summed E-state index contributed by atoms with van der Waals surface area (Å²) < 4.78 is 1.11. The fraction of sp³-hybridized carbons (Fsp3) is 0.273. The average molecular weight is 238 g/mol. The van der Waals surface area contributed by atoms with Crippen LogP contribution in [0, 0.1) is 12.3 Å². The third-order valence-electron chi connectivity index (χ3n) is 1.66. The Labute approximate surface area is 87.7 Å². The van der Waals surface area contributed by atoms with Crippen molar-refractivity contribution in [2.24, 2.45) is 0 Å². The van der Waals surface area contributed by atoms with Crippen molar-refractivity contribution in [1.82, 2.24) is 5.32 Å². The van der Waals surface area contributed by atoms with Gasteiger partial charge in [0.15, 0.2) is 0 Å². The molecule has 0 saturated heterocycles. The molecule has 0 atom stereocenters. The van der Waals surface area contributed by atoms with E-state index in [4.69, 9.17) is 6.42 Å². The average Bonchev–Trinajstić information content (AvgIpc) is 2.13. The first kappa shape index (κ1) is 10.3. The van der Waals surface area contributed by atoms with Crippen LogP contribution in [-0.4, -0.2) is 6.54 Å². The second-order valence-electron chi connectivity index (χ2n) is 2.76. The van der Waals surface area contributed by atoms with Gasteiger partial charge in [0.2, 0.25) is 0 Å². The lowest BCUT2D eigenvalue weighted by Crippen LogP contribution is -2.13. The number of benzene rings is 1. The van der Waals surface area contributed by atoms with Gasteiger partial charge in [0, 0.05) is 24.0 Å². The predicted molar refractivity (Wildman–Crippen MR) is 59.3 cm³/mol. The zero-order chi connectivity index (χ0) is 9.52. The van der Waals surface area contributed by atoms with Crippen LogP contribution in [0.25, 0.3) is 0 Å². The monoisotopic (exact) mass is 237 g/mol. The molecular formula is C11H12BrN. The van der Waals surface area contributed by atoms with E-state index < -0.39 is 0 Å². The maximum absolute atomic E-state index is 5.13. The molecule has 0 spiro atoms. The molecule has 0 radical (unpaired) electrons. The molecule has 2 heteroatoms. The molecule has 0 fully saturated rings. The summed E-state index contributed by atoms with van der Waals surface area (Å²) in [7, 11) is 0. The van der Waals surface area contributed by atoms with Gasteiger partial charge in [-0.25, -0.2) is 0 Å². The van der Waals surface area contributed by atoms with Crippen LogP contribution < -0.4 is 5.32 Å². The second kappa shape index (κ2) is 5.80. The highest BCUT2D eigenvalue weighted by Crippen LogP contribution is 2.11. The van der Waals surface area contributed by atoms with Crippen LogP contribution in [-0.2, 0) is 6.54 Å². The predicted octanol–water partition coefficient (Wildman–Crippen LogP) is 2.56. The topological polar surface area (TPSA) is 12.0 Å². The number of hydrogen-bond donors (Lipinski definition) is 1. The summed E-state index contributed by atoms with van der Waals surface area (Å²) in [6, 6.07) is 8.24. The minimum absolute atomic E-state index is 0.786. The van der Waals surface area contributed by atoms with Gasteiger partial charge in [0.25, 0.3) is 0 Å². The third-order valence-corrected chi connectivity index (χ3v) is 2.16. The van der Waals surface area contributed by atoms with Crippen LogP contribution in [0.5, 0.6) is 0 Å². The molecule has 1 N–H and O–H groups in total. The quantitative estimate of drug-likeness (QED) is 0.628. The fourth-order valence-corrected chi connectivity index (χ4v) is 1.49. The van der Waals surface area contributed by atoms with Crippen LogP contribution in [0.15, 0.2) is 28.7 Å². The molecular weight excluding hydrogens is 226 g/mol. The van der Waals surface area contributed by atoms with E-state index in [0.29, 0.717) is 0 Å². The lowest BCUT2D eigenvalue weighted by atomic mass is 10.2. The summed E-state index contributed by atoms with van der Waals surface area (Å²) in [6.07, 6.45) is 5.92. The molecule has 1 aromatic rings. The van der Waals surface area contributed by atoms with E-state index in [0.717, 1.165) is 24.0 Å². The zero-order valence-electron chi connectivity index (χ0n) is 7.39. The van der Waals surface area contributed by atoms with Crippen LogP contribution in [0.1, 0.15) is 12.0 Å². The van der Waals surface area contributed by atoms with Crippen molar-refractivity contribution in [1.29, 1.82) is 0 Å². The summed E-state index contributed by atoms with van der Waals surface area (Å²) >= 11 is 3.42. The van der Waals surface area contributed by atoms with Crippen LogP contribution in [0.3, 0.4) is 0 Å². The van der Waals surface area contributed by atoms with Gasteiger partial charge < -0.3 is 5.32 Å². The molecule has 0 heterocycles. The van der Waals surface area contributed by atoms with Gasteiger partial charge >= 0.3 is 0 Å². The minimum atomic E-state index is 0.786. The van der Waals surface area contributed by atoms with Crippen molar-refractivity contribution < 1.29 is 0 Å². The van der Waals surface area contributed by atoms with E-state index in [2.05, 4.69) is 39.3 Å². The van der Waals surface area contributed by atoms with Crippen molar-refractivity contribution in [2.45, 2.75) is 13.0 Å². The molecule has 0 aliphatic carbocycles. The molecule has 13 heavy (non-hydrogen) atoms. The lowest BCUT2D eigenvalue weighted by Gasteiger charge is -2.02. The molecule has 0 aliphatic heterocycles. The molecule has 1 rings (SSSR count). The maximum Gasteiger partial charge on any atom is 0.0212 e. The Morgan fingerprint density at radius 3 is 3.00 bits per heavy atom. The molecule has 0 aliphatic rings. The lowest BCUT2D eigenvalue weighted by molar-refractivity contribution is 0.701. The largest absolute Gasteiger partial charge is 0.312 e.